The van der Waals surface area contributed by atoms with Crippen molar-refractivity contribution in [3.05, 3.63) is 22.5 Å². The standard InChI is InChI=1S/C10H13F3N4O5/c1-6(18)7(16-4-2-15-9(16)17(20)21)14-3-5-22-8(19)10(11,12)13/h2,4,6-7,14,18H,3,5H2,1H3. The summed E-state index contributed by atoms with van der Waals surface area (Å²) in [5.74, 6) is -2.89. The van der Waals surface area contributed by atoms with E-state index in [2.05, 4.69) is 15.0 Å². The lowest BCUT2D eigenvalue weighted by molar-refractivity contribution is -0.397. The van der Waals surface area contributed by atoms with Crippen LogP contribution in [0.1, 0.15) is 13.1 Å². The van der Waals surface area contributed by atoms with Gasteiger partial charge in [-0.2, -0.15) is 13.2 Å². The summed E-state index contributed by atoms with van der Waals surface area (Å²) in [6.45, 7) is 0.444. The summed E-state index contributed by atoms with van der Waals surface area (Å²) in [5, 5.41) is 22.9. The number of carbonyl (C=O) groups is 1. The summed E-state index contributed by atoms with van der Waals surface area (Å²) in [6.07, 6.45) is -4.87. The molecule has 9 nitrogen and oxygen atoms in total. The molecule has 0 aliphatic carbocycles. The molecule has 12 heteroatoms. The highest BCUT2D eigenvalue weighted by molar-refractivity contribution is 5.75. The molecule has 0 saturated carbocycles. The SMILES string of the molecule is CC(O)C(NCCOC(=O)C(F)(F)F)n1ccnc1[N+](=O)[O-]. The van der Waals surface area contributed by atoms with Crippen LogP contribution in [0, 0.1) is 10.1 Å². The molecule has 0 fully saturated rings. The minimum Gasteiger partial charge on any atom is -0.458 e. The first kappa shape index (κ1) is 17.8. The number of carbonyl (C=O) groups excluding carboxylic acids is 1. The van der Waals surface area contributed by atoms with Crippen LogP contribution in [0.5, 0.6) is 0 Å². The minimum absolute atomic E-state index is 0.257. The zero-order valence-corrected chi connectivity index (χ0v) is 11.3. The zero-order valence-electron chi connectivity index (χ0n) is 11.3. The Morgan fingerprint density at radius 3 is 2.77 bits per heavy atom. The first-order chi connectivity index (χ1) is 10.1. The lowest BCUT2D eigenvalue weighted by Gasteiger charge is -2.20. The number of aliphatic hydroxyl groups excluding tert-OH is 1. The van der Waals surface area contributed by atoms with E-state index in [1.807, 2.05) is 0 Å². The Labute approximate surface area is 121 Å². The molecule has 2 N–H and O–H groups in total. The average Bonchev–Trinajstić information content (AvgIpc) is 2.85. The normalized spacial score (nSPS) is 14.4. The molecule has 0 bridgehead atoms. The van der Waals surface area contributed by atoms with E-state index >= 15 is 0 Å². The number of imidazole rings is 1. The number of hydrogen-bond donors (Lipinski definition) is 2. The second-order valence-electron chi connectivity index (χ2n) is 4.16. The molecule has 2 unspecified atom stereocenters. The van der Waals surface area contributed by atoms with E-state index in [0.717, 1.165) is 10.8 Å². The molecule has 0 aromatic carbocycles. The Kier molecular flexibility index (Phi) is 5.82. The molecular weight excluding hydrogens is 313 g/mol. The second kappa shape index (κ2) is 7.17. The average molecular weight is 326 g/mol. The summed E-state index contributed by atoms with van der Waals surface area (Å²) in [5.41, 5.74) is 0. The quantitative estimate of drug-likeness (QED) is 0.321. The Balaban J connectivity index is 2.61. The van der Waals surface area contributed by atoms with Crippen LogP contribution in [0.2, 0.25) is 0 Å². The first-order valence-electron chi connectivity index (χ1n) is 5.97. The Hall–Kier alpha value is -2.21. The lowest BCUT2D eigenvalue weighted by Crippen LogP contribution is -2.38. The van der Waals surface area contributed by atoms with Gasteiger partial charge in [-0.1, -0.05) is 4.98 Å². The predicted molar refractivity (Wildman–Crippen MR) is 64.6 cm³/mol. The van der Waals surface area contributed by atoms with Crippen LogP contribution in [-0.4, -0.2) is 51.0 Å². The predicted octanol–water partition coefficient (Wildman–Crippen LogP) is 0.366. The molecule has 0 spiro atoms. The Bertz CT molecular complexity index is 531. The van der Waals surface area contributed by atoms with Crippen LogP contribution in [-0.2, 0) is 9.53 Å². The van der Waals surface area contributed by atoms with Crippen molar-refractivity contribution in [1.82, 2.24) is 14.9 Å². The maximum absolute atomic E-state index is 11.9. The number of alkyl halides is 3. The van der Waals surface area contributed by atoms with Gasteiger partial charge in [0.15, 0.2) is 6.17 Å². The van der Waals surface area contributed by atoms with Crippen LogP contribution in [0.4, 0.5) is 19.1 Å². The fourth-order valence-corrected chi connectivity index (χ4v) is 1.60. The van der Waals surface area contributed by atoms with Crippen LogP contribution >= 0.6 is 0 Å². The highest BCUT2D eigenvalue weighted by atomic mass is 19.4. The maximum Gasteiger partial charge on any atom is 0.490 e. The van der Waals surface area contributed by atoms with Gasteiger partial charge in [-0.05, 0) is 11.8 Å². The van der Waals surface area contributed by atoms with Crippen LogP contribution in [0.15, 0.2) is 12.4 Å². The highest BCUT2D eigenvalue weighted by Gasteiger charge is 2.40. The number of esters is 1. The summed E-state index contributed by atoms with van der Waals surface area (Å²) >= 11 is 0. The minimum atomic E-state index is -5.09. The third-order valence-electron chi connectivity index (χ3n) is 2.49. The molecule has 1 aromatic heterocycles. The van der Waals surface area contributed by atoms with E-state index in [1.54, 1.807) is 0 Å². The number of hydrogen-bond acceptors (Lipinski definition) is 7. The van der Waals surface area contributed by atoms with E-state index in [4.69, 9.17) is 0 Å². The van der Waals surface area contributed by atoms with Crippen molar-refractivity contribution >= 4 is 11.9 Å². The van der Waals surface area contributed by atoms with Gasteiger partial charge in [0.1, 0.15) is 19.0 Å². The molecule has 0 amide bonds. The number of ether oxygens (including phenoxy) is 1. The van der Waals surface area contributed by atoms with Crippen molar-refractivity contribution < 1.29 is 32.7 Å². The molecule has 2 atom stereocenters. The monoisotopic (exact) mass is 326 g/mol. The Morgan fingerprint density at radius 2 is 2.27 bits per heavy atom. The number of nitro groups is 1. The molecule has 22 heavy (non-hydrogen) atoms. The van der Waals surface area contributed by atoms with Crippen molar-refractivity contribution in [2.45, 2.75) is 25.4 Å². The van der Waals surface area contributed by atoms with E-state index in [1.165, 1.54) is 13.1 Å². The largest absolute Gasteiger partial charge is 0.490 e. The van der Waals surface area contributed by atoms with E-state index in [9.17, 15) is 33.2 Å². The molecule has 0 aliphatic heterocycles. The summed E-state index contributed by atoms with van der Waals surface area (Å²) < 4.78 is 40.7. The van der Waals surface area contributed by atoms with Gasteiger partial charge >= 0.3 is 18.1 Å². The summed E-state index contributed by atoms with van der Waals surface area (Å²) in [4.78, 5) is 24.0. The van der Waals surface area contributed by atoms with Gasteiger partial charge in [-0.3, -0.25) is 5.32 Å². The van der Waals surface area contributed by atoms with Crippen LogP contribution in [0.25, 0.3) is 0 Å². The second-order valence-corrected chi connectivity index (χ2v) is 4.16. The van der Waals surface area contributed by atoms with E-state index in [0.29, 0.717) is 0 Å². The number of nitrogens with one attached hydrogen (secondary N) is 1. The topological polar surface area (TPSA) is 120 Å². The highest BCUT2D eigenvalue weighted by Crippen LogP contribution is 2.18. The maximum atomic E-state index is 11.9. The zero-order chi connectivity index (χ0) is 16.9. The molecular formula is C10H13F3N4O5. The molecule has 1 rings (SSSR count). The van der Waals surface area contributed by atoms with Gasteiger partial charge in [-0.15, -0.1) is 0 Å². The summed E-state index contributed by atoms with van der Waals surface area (Å²) in [7, 11) is 0. The fourth-order valence-electron chi connectivity index (χ4n) is 1.60. The van der Waals surface area contributed by atoms with Gasteiger partial charge in [0, 0.05) is 6.54 Å². The van der Waals surface area contributed by atoms with Gasteiger partial charge in [0.2, 0.25) is 0 Å². The number of aliphatic hydroxyl groups is 1. The number of halogens is 3. The van der Waals surface area contributed by atoms with E-state index in [-0.39, 0.29) is 6.54 Å². The third-order valence-corrected chi connectivity index (χ3v) is 2.49. The van der Waals surface area contributed by atoms with E-state index < -0.39 is 41.9 Å². The first-order valence-corrected chi connectivity index (χ1v) is 5.97. The number of rotatable bonds is 7. The number of aromatic nitrogens is 2. The molecule has 124 valence electrons. The Morgan fingerprint density at radius 1 is 1.64 bits per heavy atom. The summed E-state index contributed by atoms with van der Waals surface area (Å²) in [6, 6.07) is 0. The van der Waals surface area contributed by atoms with Crippen LogP contribution in [0.3, 0.4) is 0 Å². The molecule has 0 saturated heterocycles. The van der Waals surface area contributed by atoms with Gasteiger partial charge in [0.25, 0.3) is 0 Å². The third kappa shape index (κ3) is 4.66. The van der Waals surface area contributed by atoms with Gasteiger partial charge in [-0.25, -0.2) is 9.36 Å². The number of nitrogens with zero attached hydrogens (tertiary/aromatic N) is 3. The molecule has 0 aliphatic rings. The fraction of sp³-hybridized carbons (Fsp3) is 0.600. The lowest BCUT2D eigenvalue weighted by atomic mass is 10.3. The molecule has 1 heterocycles. The molecule has 1 aromatic rings. The van der Waals surface area contributed by atoms with Crippen molar-refractivity contribution in [2.24, 2.45) is 0 Å². The van der Waals surface area contributed by atoms with Crippen molar-refractivity contribution in [1.29, 1.82) is 0 Å². The molecule has 0 radical (unpaired) electrons. The van der Waals surface area contributed by atoms with Crippen molar-refractivity contribution in [3.63, 3.8) is 0 Å². The smallest absolute Gasteiger partial charge is 0.458 e. The van der Waals surface area contributed by atoms with Crippen molar-refractivity contribution in [2.75, 3.05) is 13.2 Å². The van der Waals surface area contributed by atoms with Crippen molar-refractivity contribution in [3.8, 4) is 0 Å². The van der Waals surface area contributed by atoms with Gasteiger partial charge in [0.05, 0.1) is 6.10 Å². The van der Waals surface area contributed by atoms with Crippen LogP contribution < -0.4 is 5.32 Å². The van der Waals surface area contributed by atoms with Gasteiger partial charge < -0.3 is 20.0 Å².